The van der Waals surface area contributed by atoms with Crippen LogP contribution >= 0.6 is 0 Å². The lowest BCUT2D eigenvalue weighted by molar-refractivity contribution is -0.385. The summed E-state index contributed by atoms with van der Waals surface area (Å²) in [4.78, 5) is 10.6. The van der Waals surface area contributed by atoms with Crippen molar-refractivity contribution in [2.75, 3.05) is 5.32 Å². The van der Waals surface area contributed by atoms with E-state index in [0.29, 0.717) is 12.5 Å². The molecule has 0 aromatic heterocycles. The van der Waals surface area contributed by atoms with Crippen molar-refractivity contribution in [1.29, 1.82) is 0 Å². The fourth-order valence-electron chi connectivity index (χ4n) is 1.85. The van der Waals surface area contributed by atoms with E-state index in [1.165, 1.54) is 0 Å². The van der Waals surface area contributed by atoms with Gasteiger partial charge in [0, 0.05) is 23.4 Å². The maximum Gasteiger partial charge on any atom is 0.274 e. The van der Waals surface area contributed by atoms with Gasteiger partial charge in [-0.2, -0.15) is 0 Å². The smallest absolute Gasteiger partial charge is 0.274 e. The van der Waals surface area contributed by atoms with Gasteiger partial charge in [-0.25, -0.2) is 0 Å². The minimum Gasteiger partial charge on any atom is -0.382 e. The molecule has 0 radical (unpaired) electrons. The zero-order valence-corrected chi connectivity index (χ0v) is 10.7. The molecule has 0 aliphatic carbocycles. The van der Waals surface area contributed by atoms with Gasteiger partial charge in [0.2, 0.25) is 0 Å². The molecule has 4 heteroatoms. The second-order valence-corrected chi connectivity index (χ2v) is 4.11. The van der Waals surface area contributed by atoms with E-state index in [9.17, 15) is 10.1 Å². The molecule has 1 aromatic carbocycles. The van der Waals surface area contributed by atoms with E-state index < -0.39 is 0 Å². The Morgan fingerprint density at radius 3 is 2.41 bits per heavy atom. The van der Waals surface area contributed by atoms with E-state index in [2.05, 4.69) is 19.2 Å². The van der Waals surface area contributed by atoms with Crippen molar-refractivity contribution in [1.82, 2.24) is 0 Å². The summed E-state index contributed by atoms with van der Waals surface area (Å²) < 4.78 is 0. The van der Waals surface area contributed by atoms with Gasteiger partial charge in [-0.05, 0) is 25.3 Å². The monoisotopic (exact) mass is 236 g/mol. The largest absolute Gasteiger partial charge is 0.382 e. The Balaban J connectivity index is 2.95. The highest BCUT2D eigenvalue weighted by molar-refractivity contribution is 5.55. The number of hydrogen-bond donors (Lipinski definition) is 1. The number of hydrogen-bond acceptors (Lipinski definition) is 3. The first-order valence-corrected chi connectivity index (χ1v) is 6.16. The molecule has 4 nitrogen and oxygen atoms in total. The summed E-state index contributed by atoms with van der Waals surface area (Å²) in [7, 11) is 0. The molecule has 0 fully saturated rings. The SMILES string of the molecule is CCc1ccc(NC(CC)CC)cc1[N+](=O)[O-]. The average molecular weight is 236 g/mol. The zero-order chi connectivity index (χ0) is 12.8. The maximum atomic E-state index is 10.9. The van der Waals surface area contributed by atoms with Crippen molar-refractivity contribution in [2.24, 2.45) is 0 Å². The predicted molar refractivity (Wildman–Crippen MR) is 70.5 cm³/mol. The Hall–Kier alpha value is -1.58. The van der Waals surface area contributed by atoms with Crippen molar-refractivity contribution in [2.45, 2.75) is 46.1 Å². The summed E-state index contributed by atoms with van der Waals surface area (Å²) in [5.74, 6) is 0. The van der Waals surface area contributed by atoms with Gasteiger partial charge in [0.15, 0.2) is 0 Å². The molecule has 1 N–H and O–H groups in total. The normalized spacial score (nSPS) is 10.6. The van der Waals surface area contributed by atoms with Crippen molar-refractivity contribution >= 4 is 11.4 Å². The van der Waals surface area contributed by atoms with Gasteiger partial charge in [-0.15, -0.1) is 0 Å². The number of nitrogens with zero attached hydrogens (tertiary/aromatic N) is 1. The fourth-order valence-corrected chi connectivity index (χ4v) is 1.85. The van der Waals surface area contributed by atoms with Crippen molar-refractivity contribution in [3.8, 4) is 0 Å². The molecule has 0 amide bonds. The summed E-state index contributed by atoms with van der Waals surface area (Å²) in [5, 5.41) is 14.3. The van der Waals surface area contributed by atoms with Gasteiger partial charge >= 0.3 is 0 Å². The molecule has 0 aliphatic rings. The number of nitrogens with one attached hydrogen (secondary N) is 1. The van der Waals surface area contributed by atoms with Crippen LogP contribution in [0.5, 0.6) is 0 Å². The standard InChI is InChI=1S/C13H20N2O2/c1-4-10-7-8-12(9-13(10)15(16)17)14-11(5-2)6-3/h7-9,11,14H,4-6H2,1-3H3. The lowest BCUT2D eigenvalue weighted by Crippen LogP contribution is -2.17. The van der Waals surface area contributed by atoms with Gasteiger partial charge in [0.25, 0.3) is 5.69 Å². The zero-order valence-electron chi connectivity index (χ0n) is 10.7. The van der Waals surface area contributed by atoms with Gasteiger partial charge in [-0.3, -0.25) is 10.1 Å². The third kappa shape index (κ3) is 3.44. The van der Waals surface area contributed by atoms with Crippen molar-refractivity contribution in [3.63, 3.8) is 0 Å². The maximum absolute atomic E-state index is 10.9. The molecule has 0 unspecified atom stereocenters. The van der Waals surface area contributed by atoms with E-state index in [0.717, 1.165) is 24.1 Å². The highest BCUT2D eigenvalue weighted by Gasteiger charge is 2.13. The van der Waals surface area contributed by atoms with Crippen molar-refractivity contribution < 1.29 is 4.92 Å². The molecule has 1 rings (SSSR count). The van der Waals surface area contributed by atoms with Crippen LogP contribution in [0.15, 0.2) is 18.2 Å². The number of aryl methyl sites for hydroxylation is 1. The molecular weight excluding hydrogens is 216 g/mol. The molecule has 0 heterocycles. The Morgan fingerprint density at radius 1 is 1.29 bits per heavy atom. The number of nitro benzene ring substituents is 1. The van der Waals surface area contributed by atoms with Crippen LogP contribution in [0.4, 0.5) is 11.4 Å². The number of benzene rings is 1. The van der Waals surface area contributed by atoms with Gasteiger partial charge in [-0.1, -0.05) is 26.8 Å². The number of anilines is 1. The summed E-state index contributed by atoms with van der Waals surface area (Å²) >= 11 is 0. The molecule has 1 aromatic rings. The lowest BCUT2D eigenvalue weighted by atomic mass is 10.1. The Bertz CT molecular complexity index is 387. The molecule has 94 valence electrons. The van der Waals surface area contributed by atoms with Crippen LogP contribution < -0.4 is 5.32 Å². The van der Waals surface area contributed by atoms with Crippen LogP contribution in [0.3, 0.4) is 0 Å². The fraction of sp³-hybridized carbons (Fsp3) is 0.538. The Labute approximate surface area is 102 Å². The first-order valence-electron chi connectivity index (χ1n) is 6.16. The van der Waals surface area contributed by atoms with Crippen LogP contribution in [0.2, 0.25) is 0 Å². The van der Waals surface area contributed by atoms with E-state index >= 15 is 0 Å². The van der Waals surface area contributed by atoms with Gasteiger partial charge < -0.3 is 5.32 Å². The second-order valence-electron chi connectivity index (χ2n) is 4.11. The van der Waals surface area contributed by atoms with E-state index in [-0.39, 0.29) is 10.6 Å². The minimum atomic E-state index is -0.309. The third-order valence-corrected chi connectivity index (χ3v) is 3.02. The highest BCUT2D eigenvalue weighted by Crippen LogP contribution is 2.24. The van der Waals surface area contributed by atoms with Crippen LogP contribution in [0.1, 0.15) is 39.2 Å². The van der Waals surface area contributed by atoms with Crippen LogP contribution in [0, 0.1) is 10.1 Å². The molecule has 0 saturated heterocycles. The van der Waals surface area contributed by atoms with Crippen LogP contribution in [-0.4, -0.2) is 11.0 Å². The van der Waals surface area contributed by atoms with Crippen LogP contribution in [-0.2, 0) is 6.42 Å². The minimum absolute atomic E-state index is 0.212. The quantitative estimate of drug-likeness (QED) is 0.604. The van der Waals surface area contributed by atoms with E-state index in [4.69, 9.17) is 0 Å². The Kier molecular flexibility index (Phi) is 4.94. The van der Waals surface area contributed by atoms with Gasteiger partial charge in [0.1, 0.15) is 0 Å². The predicted octanol–water partition coefficient (Wildman–Crippen LogP) is 3.76. The first-order chi connectivity index (χ1) is 8.12. The van der Waals surface area contributed by atoms with Crippen LogP contribution in [0.25, 0.3) is 0 Å². The van der Waals surface area contributed by atoms with Crippen molar-refractivity contribution in [3.05, 3.63) is 33.9 Å². The molecule has 0 bridgehead atoms. The van der Waals surface area contributed by atoms with E-state index in [1.54, 1.807) is 6.07 Å². The lowest BCUT2D eigenvalue weighted by Gasteiger charge is -2.16. The molecule has 17 heavy (non-hydrogen) atoms. The molecule has 0 spiro atoms. The van der Waals surface area contributed by atoms with E-state index in [1.807, 2.05) is 19.1 Å². The van der Waals surface area contributed by atoms with Gasteiger partial charge in [0.05, 0.1) is 4.92 Å². The topological polar surface area (TPSA) is 55.2 Å². The first kappa shape index (κ1) is 13.5. The molecular formula is C13H20N2O2. The molecule has 0 aliphatic heterocycles. The summed E-state index contributed by atoms with van der Waals surface area (Å²) in [6.45, 7) is 6.14. The average Bonchev–Trinajstić information content (AvgIpc) is 2.35. The summed E-state index contributed by atoms with van der Waals surface area (Å²) in [6, 6.07) is 5.77. The molecule has 0 atom stereocenters. The molecule has 0 saturated carbocycles. The number of rotatable bonds is 6. The highest BCUT2D eigenvalue weighted by atomic mass is 16.6. The summed E-state index contributed by atoms with van der Waals surface area (Å²) in [6.07, 6.45) is 2.71. The second kappa shape index (κ2) is 6.23. The number of nitro groups is 1. The Morgan fingerprint density at radius 2 is 1.94 bits per heavy atom. The summed E-state index contributed by atoms with van der Waals surface area (Å²) in [5.41, 5.74) is 1.83. The third-order valence-electron chi connectivity index (χ3n) is 3.02.